The number of halogens is 2. The van der Waals surface area contributed by atoms with Gasteiger partial charge in [-0.1, -0.05) is 33.0 Å². The number of aromatic amines is 2. The summed E-state index contributed by atoms with van der Waals surface area (Å²) in [4.78, 5) is 14.3. The van der Waals surface area contributed by atoms with Gasteiger partial charge in [0.05, 0.1) is 0 Å². The van der Waals surface area contributed by atoms with E-state index in [0.29, 0.717) is 18.0 Å². The minimum atomic E-state index is 0.210. The Balaban J connectivity index is 1.85. The minimum Gasteiger partial charge on any atom is -0.363 e. The van der Waals surface area contributed by atoms with E-state index >= 15 is 0 Å². The summed E-state index contributed by atoms with van der Waals surface area (Å²) in [5.74, 6) is 0.680. The van der Waals surface area contributed by atoms with Gasteiger partial charge in [-0.05, 0) is 29.3 Å². The van der Waals surface area contributed by atoms with Crippen molar-refractivity contribution >= 4 is 44.5 Å². The fraction of sp³-hybridized carbons (Fsp3) is 0.0833. The molecule has 0 bridgehead atoms. The lowest BCUT2D eigenvalue weighted by Gasteiger charge is -2.05. The van der Waals surface area contributed by atoms with Crippen LogP contribution in [0.2, 0.25) is 5.28 Å². The first-order valence-corrected chi connectivity index (χ1v) is 6.80. The number of anilines is 1. The van der Waals surface area contributed by atoms with Crippen LogP contribution in [0.1, 0.15) is 5.56 Å². The number of H-pyrrole nitrogens is 2. The first-order valence-electron chi connectivity index (χ1n) is 5.63. The first-order chi connectivity index (χ1) is 9.22. The topological polar surface area (TPSA) is 67.7 Å². The van der Waals surface area contributed by atoms with Gasteiger partial charge in [0.1, 0.15) is 0 Å². The van der Waals surface area contributed by atoms with Gasteiger partial charge in [-0.25, -0.2) is 4.98 Å². The number of fused-ring (bicyclic) bond motifs is 1. The Labute approximate surface area is 122 Å². The van der Waals surface area contributed by atoms with Crippen molar-refractivity contribution in [3.8, 4) is 0 Å². The highest BCUT2D eigenvalue weighted by atomic mass is 79.9. The van der Waals surface area contributed by atoms with Crippen LogP contribution in [0, 0.1) is 0 Å². The minimum absolute atomic E-state index is 0.210. The van der Waals surface area contributed by atoms with Gasteiger partial charge in [-0.2, -0.15) is 4.98 Å². The van der Waals surface area contributed by atoms with E-state index in [2.05, 4.69) is 41.2 Å². The molecule has 0 spiro atoms. The van der Waals surface area contributed by atoms with Gasteiger partial charge in [0.15, 0.2) is 12.1 Å². The van der Waals surface area contributed by atoms with E-state index in [-0.39, 0.29) is 5.28 Å². The Morgan fingerprint density at radius 2 is 2.05 bits per heavy atom. The number of rotatable bonds is 3. The number of nitrogens with zero attached hydrogens (tertiary/aromatic N) is 2. The van der Waals surface area contributed by atoms with Gasteiger partial charge in [0.25, 0.3) is 0 Å². The van der Waals surface area contributed by atoms with Crippen molar-refractivity contribution in [2.24, 2.45) is 0 Å². The van der Waals surface area contributed by atoms with E-state index in [1.807, 2.05) is 24.3 Å². The summed E-state index contributed by atoms with van der Waals surface area (Å²) in [5, 5.41) is 3.46. The Bertz CT molecular complexity index is 710. The molecule has 3 N–H and O–H groups in total. The number of aromatic nitrogens is 4. The molecule has 0 unspecified atom stereocenters. The van der Waals surface area contributed by atoms with Crippen LogP contribution in [0.25, 0.3) is 11.2 Å². The van der Waals surface area contributed by atoms with Crippen molar-refractivity contribution in [2.45, 2.75) is 6.54 Å². The predicted molar refractivity (Wildman–Crippen MR) is 76.9 cm³/mol. The first kappa shape index (κ1) is 12.4. The molecular weight excluding hydrogens is 330 g/mol. The highest BCUT2D eigenvalue weighted by molar-refractivity contribution is 9.10. The summed E-state index contributed by atoms with van der Waals surface area (Å²) in [6.07, 6.45) is 1.69. The number of nitrogens with one attached hydrogen (secondary N) is 3. The highest BCUT2D eigenvalue weighted by Gasteiger charge is 2.14. The molecule has 0 aliphatic carbocycles. The van der Waals surface area contributed by atoms with Crippen molar-refractivity contribution in [3.63, 3.8) is 0 Å². The maximum Gasteiger partial charge on any atom is 0.306 e. The van der Waals surface area contributed by atoms with Crippen molar-refractivity contribution in [1.82, 2.24) is 15.0 Å². The summed E-state index contributed by atoms with van der Waals surface area (Å²) in [7, 11) is 0. The zero-order valence-electron chi connectivity index (χ0n) is 9.74. The third-order valence-corrected chi connectivity index (χ3v) is 3.38. The quantitative estimate of drug-likeness (QED) is 0.721. The van der Waals surface area contributed by atoms with E-state index in [0.717, 1.165) is 15.6 Å². The summed E-state index contributed by atoms with van der Waals surface area (Å²) in [6, 6.07) is 8.08. The zero-order chi connectivity index (χ0) is 13.2. The highest BCUT2D eigenvalue weighted by Crippen LogP contribution is 2.18. The van der Waals surface area contributed by atoms with Gasteiger partial charge >= 0.3 is 10.9 Å². The predicted octanol–water partition coefficient (Wildman–Crippen LogP) is 2.80. The third kappa shape index (κ3) is 2.69. The van der Waals surface area contributed by atoms with Crippen LogP contribution < -0.4 is 10.3 Å². The molecule has 0 aliphatic heterocycles. The summed E-state index contributed by atoms with van der Waals surface area (Å²) >= 11 is 9.29. The SMILES string of the molecule is Clc1nc(NCc2ccc(Br)cc2)c2[nH]c[nH+]c2n1. The summed E-state index contributed by atoms with van der Waals surface area (Å²) in [5.41, 5.74) is 2.64. The lowest BCUT2D eigenvalue weighted by molar-refractivity contribution is -0.347. The van der Waals surface area contributed by atoms with Crippen molar-refractivity contribution < 1.29 is 4.98 Å². The fourth-order valence-electron chi connectivity index (χ4n) is 1.77. The molecule has 0 fully saturated rings. The van der Waals surface area contributed by atoms with Crippen molar-refractivity contribution in [3.05, 3.63) is 45.9 Å². The zero-order valence-corrected chi connectivity index (χ0v) is 12.1. The smallest absolute Gasteiger partial charge is 0.306 e. The molecule has 0 radical (unpaired) electrons. The molecule has 19 heavy (non-hydrogen) atoms. The van der Waals surface area contributed by atoms with Crippen LogP contribution in [0.15, 0.2) is 35.1 Å². The molecule has 1 aromatic carbocycles. The molecule has 0 atom stereocenters. The maximum absolute atomic E-state index is 5.88. The summed E-state index contributed by atoms with van der Waals surface area (Å²) < 4.78 is 1.06. The number of hydrogen-bond donors (Lipinski definition) is 2. The van der Waals surface area contributed by atoms with Crippen molar-refractivity contribution in [2.75, 3.05) is 5.32 Å². The van der Waals surface area contributed by atoms with Gasteiger partial charge in [0, 0.05) is 11.0 Å². The van der Waals surface area contributed by atoms with Crippen LogP contribution >= 0.6 is 27.5 Å². The van der Waals surface area contributed by atoms with Crippen molar-refractivity contribution in [1.29, 1.82) is 0 Å². The van der Waals surface area contributed by atoms with E-state index in [9.17, 15) is 0 Å². The second kappa shape index (κ2) is 5.14. The average Bonchev–Trinajstić information content (AvgIpc) is 2.85. The van der Waals surface area contributed by atoms with E-state index in [1.165, 1.54) is 0 Å². The van der Waals surface area contributed by atoms with E-state index < -0.39 is 0 Å². The van der Waals surface area contributed by atoms with E-state index in [1.54, 1.807) is 6.33 Å². The Hall–Kier alpha value is -1.66. The normalized spacial score (nSPS) is 10.8. The van der Waals surface area contributed by atoms with E-state index in [4.69, 9.17) is 11.6 Å². The Morgan fingerprint density at radius 1 is 1.26 bits per heavy atom. The van der Waals surface area contributed by atoms with Crippen LogP contribution in [0.5, 0.6) is 0 Å². The molecule has 3 rings (SSSR count). The molecule has 0 saturated carbocycles. The Kier molecular flexibility index (Phi) is 3.35. The molecular formula is C12H10BrClN5+. The standard InChI is InChI=1S/C12H9BrClN5/c13-8-3-1-7(2-4-8)5-15-10-9-11(17-6-16-9)19-12(14)18-10/h1-4,6H,5H2,(H2,15,16,17,18,19)/p+1. The second-order valence-corrected chi connectivity index (χ2v) is 5.23. The van der Waals surface area contributed by atoms with Crippen LogP contribution in [-0.2, 0) is 6.54 Å². The van der Waals surface area contributed by atoms with Gasteiger partial charge in [0.2, 0.25) is 5.52 Å². The fourth-order valence-corrected chi connectivity index (χ4v) is 2.20. The lowest BCUT2D eigenvalue weighted by atomic mass is 10.2. The number of hydrogen-bond acceptors (Lipinski definition) is 3. The molecule has 0 aliphatic rings. The van der Waals surface area contributed by atoms with Crippen LogP contribution in [-0.4, -0.2) is 15.0 Å². The maximum atomic E-state index is 5.88. The molecule has 3 aromatic rings. The average molecular weight is 340 g/mol. The monoisotopic (exact) mass is 338 g/mol. The molecule has 0 saturated heterocycles. The molecule has 5 nitrogen and oxygen atoms in total. The Morgan fingerprint density at radius 3 is 2.84 bits per heavy atom. The number of imidazole rings is 1. The van der Waals surface area contributed by atoms with Gasteiger partial charge in [-0.15, -0.1) is 0 Å². The third-order valence-electron chi connectivity index (χ3n) is 2.68. The summed E-state index contributed by atoms with van der Waals surface area (Å²) in [6.45, 7) is 0.661. The van der Waals surface area contributed by atoms with Crippen LogP contribution in [0.4, 0.5) is 5.82 Å². The van der Waals surface area contributed by atoms with Gasteiger partial charge in [-0.3, -0.25) is 4.98 Å². The lowest BCUT2D eigenvalue weighted by Crippen LogP contribution is -2.05. The second-order valence-electron chi connectivity index (χ2n) is 3.98. The molecule has 0 amide bonds. The molecule has 96 valence electrons. The molecule has 2 heterocycles. The molecule has 7 heteroatoms. The van der Waals surface area contributed by atoms with Crippen LogP contribution in [0.3, 0.4) is 0 Å². The largest absolute Gasteiger partial charge is 0.363 e. The number of benzene rings is 1. The molecule has 2 aromatic heterocycles. The van der Waals surface area contributed by atoms with Gasteiger partial charge < -0.3 is 5.32 Å².